The second-order valence-corrected chi connectivity index (χ2v) is 7.15. The van der Waals surface area contributed by atoms with Gasteiger partial charge in [-0.25, -0.2) is 4.98 Å². The van der Waals surface area contributed by atoms with Crippen LogP contribution in [0.2, 0.25) is 0 Å². The van der Waals surface area contributed by atoms with Crippen molar-refractivity contribution in [2.45, 2.75) is 56.7 Å². The maximum Gasteiger partial charge on any atom is 0.0947 e. The highest BCUT2D eigenvalue weighted by Crippen LogP contribution is 2.45. The van der Waals surface area contributed by atoms with Crippen LogP contribution in [0.3, 0.4) is 0 Å². The Labute approximate surface area is 113 Å². The Hall–Kier alpha value is -0.450. The molecule has 2 fully saturated rings. The number of aromatic nitrogens is 1. The summed E-state index contributed by atoms with van der Waals surface area (Å²) in [6, 6.07) is 2.14. The van der Waals surface area contributed by atoms with Gasteiger partial charge in [0, 0.05) is 35.8 Å². The van der Waals surface area contributed by atoms with Gasteiger partial charge in [0.2, 0.25) is 0 Å². The van der Waals surface area contributed by atoms with Crippen LogP contribution in [0.1, 0.15) is 47.3 Å². The molecule has 3 unspecified atom stereocenters. The van der Waals surface area contributed by atoms with Crippen LogP contribution in [0.5, 0.6) is 0 Å². The van der Waals surface area contributed by atoms with Gasteiger partial charge in [-0.2, -0.15) is 0 Å². The molecule has 3 aliphatic rings. The van der Waals surface area contributed by atoms with Gasteiger partial charge in [-0.3, -0.25) is 4.90 Å². The van der Waals surface area contributed by atoms with Crippen molar-refractivity contribution in [3.05, 3.63) is 15.6 Å². The molecule has 98 valence electrons. The standard InChI is InChI=1S/C14H21N3S/c1-17-10-4-5-12(17)14-11(8-10)16-13(18-14)7-9-3-2-6-15-9/h9-10,12,15H,2-8H2,1H3. The van der Waals surface area contributed by atoms with Crippen LogP contribution in [-0.2, 0) is 12.8 Å². The first-order valence-electron chi connectivity index (χ1n) is 7.25. The Morgan fingerprint density at radius 2 is 2.33 bits per heavy atom. The number of nitrogens with one attached hydrogen (secondary N) is 1. The number of nitrogens with zero attached hydrogens (tertiary/aromatic N) is 2. The second kappa shape index (κ2) is 4.29. The van der Waals surface area contributed by atoms with E-state index in [2.05, 4.69) is 17.3 Å². The molecule has 0 aliphatic carbocycles. The van der Waals surface area contributed by atoms with Crippen molar-refractivity contribution in [1.82, 2.24) is 15.2 Å². The Bertz CT molecular complexity index is 450. The fraction of sp³-hybridized carbons (Fsp3) is 0.786. The van der Waals surface area contributed by atoms with Crippen molar-refractivity contribution < 1.29 is 0 Å². The minimum Gasteiger partial charge on any atom is -0.314 e. The van der Waals surface area contributed by atoms with Crippen molar-refractivity contribution in [2.24, 2.45) is 0 Å². The predicted octanol–water partition coefficient (Wildman–Crippen LogP) is 2.13. The van der Waals surface area contributed by atoms with Crippen LogP contribution < -0.4 is 5.32 Å². The predicted molar refractivity (Wildman–Crippen MR) is 74.1 cm³/mol. The van der Waals surface area contributed by atoms with E-state index in [0.717, 1.165) is 12.5 Å². The average molecular weight is 263 g/mol. The van der Waals surface area contributed by atoms with Gasteiger partial charge in [0.15, 0.2) is 0 Å². The van der Waals surface area contributed by atoms with Crippen molar-refractivity contribution in [1.29, 1.82) is 0 Å². The van der Waals surface area contributed by atoms with Crippen LogP contribution in [0.15, 0.2) is 0 Å². The molecular weight excluding hydrogens is 242 g/mol. The zero-order valence-corrected chi connectivity index (χ0v) is 11.8. The topological polar surface area (TPSA) is 28.2 Å². The first-order chi connectivity index (χ1) is 8.81. The van der Waals surface area contributed by atoms with Crippen LogP contribution in [-0.4, -0.2) is 35.6 Å². The summed E-state index contributed by atoms with van der Waals surface area (Å²) in [5.41, 5.74) is 1.43. The van der Waals surface area contributed by atoms with Crippen LogP contribution in [0.25, 0.3) is 0 Å². The lowest BCUT2D eigenvalue weighted by Crippen LogP contribution is -2.33. The molecule has 1 aromatic rings. The van der Waals surface area contributed by atoms with E-state index in [-0.39, 0.29) is 0 Å². The summed E-state index contributed by atoms with van der Waals surface area (Å²) in [4.78, 5) is 9.11. The van der Waals surface area contributed by atoms with Crippen LogP contribution in [0, 0.1) is 0 Å². The number of hydrogen-bond acceptors (Lipinski definition) is 4. The minimum atomic E-state index is 0.682. The monoisotopic (exact) mass is 263 g/mol. The fourth-order valence-corrected chi connectivity index (χ4v) is 5.21. The highest BCUT2D eigenvalue weighted by molar-refractivity contribution is 7.11. The molecule has 0 amide bonds. The van der Waals surface area contributed by atoms with E-state index in [1.165, 1.54) is 49.4 Å². The Morgan fingerprint density at radius 1 is 1.39 bits per heavy atom. The normalized spacial score (nSPS) is 35.1. The summed E-state index contributed by atoms with van der Waals surface area (Å²) < 4.78 is 0. The average Bonchev–Trinajstić information content (AvgIpc) is 3.03. The van der Waals surface area contributed by atoms with E-state index in [4.69, 9.17) is 4.98 Å². The Kier molecular flexibility index (Phi) is 2.71. The summed E-state index contributed by atoms with van der Waals surface area (Å²) >= 11 is 1.99. The van der Waals surface area contributed by atoms with Crippen molar-refractivity contribution >= 4 is 11.3 Å². The lowest BCUT2D eigenvalue weighted by molar-refractivity contribution is 0.226. The smallest absolute Gasteiger partial charge is 0.0947 e. The van der Waals surface area contributed by atoms with Gasteiger partial charge in [0.25, 0.3) is 0 Å². The zero-order valence-electron chi connectivity index (χ0n) is 11.0. The summed E-state index contributed by atoms with van der Waals surface area (Å²) in [6.45, 7) is 1.20. The number of thiazole rings is 1. The number of fused-ring (bicyclic) bond motifs is 4. The molecule has 3 nitrogen and oxygen atoms in total. The maximum atomic E-state index is 4.94. The van der Waals surface area contributed by atoms with E-state index in [0.29, 0.717) is 12.1 Å². The largest absolute Gasteiger partial charge is 0.314 e. The molecule has 2 saturated heterocycles. The number of rotatable bonds is 2. The van der Waals surface area contributed by atoms with Crippen molar-refractivity contribution in [2.75, 3.05) is 13.6 Å². The van der Waals surface area contributed by atoms with E-state index in [1.54, 1.807) is 4.88 Å². The van der Waals surface area contributed by atoms with Crippen molar-refractivity contribution in [3.63, 3.8) is 0 Å². The molecule has 0 radical (unpaired) electrons. The van der Waals surface area contributed by atoms with Gasteiger partial charge >= 0.3 is 0 Å². The third-order valence-corrected chi connectivity index (χ3v) is 6.15. The van der Waals surface area contributed by atoms with Crippen LogP contribution >= 0.6 is 11.3 Å². The quantitative estimate of drug-likeness (QED) is 0.886. The third kappa shape index (κ3) is 1.74. The molecule has 4 heteroatoms. The molecule has 0 spiro atoms. The number of likely N-dealkylation sites (N-methyl/N-ethyl adjacent to an activating group) is 1. The van der Waals surface area contributed by atoms with Crippen molar-refractivity contribution in [3.8, 4) is 0 Å². The van der Waals surface area contributed by atoms with Gasteiger partial charge in [-0.1, -0.05) is 0 Å². The summed E-state index contributed by atoms with van der Waals surface area (Å²) in [5, 5.41) is 4.96. The minimum absolute atomic E-state index is 0.682. The van der Waals surface area contributed by atoms with E-state index >= 15 is 0 Å². The molecule has 3 aliphatic heterocycles. The molecular formula is C14H21N3S. The molecule has 1 N–H and O–H groups in total. The molecule has 0 saturated carbocycles. The first-order valence-corrected chi connectivity index (χ1v) is 8.06. The summed E-state index contributed by atoms with van der Waals surface area (Å²) in [5.74, 6) is 0. The van der Waals surface area contributed by atoms with Gasteiger partial charge in [0.05, 0.1) is 10.7 Å². The molecule has 4 rings (SSSR count). The lowest BCUT2D eigenvalue weighted by Gasteiger charge is -2.29. The Morgan fingerprint density at radius 3 is 3.17 bits per heavy atom. The lowest BCUT2D eigenvalue weighted by atomic mass is 10.1. The zero-order chi connectivity index (χ0) is 12.1. The van der Waals surface area contributed by atoms with Crippen LogP contribution in [0.4, 0.5) is 0 Å². The third-order valence-electron chi connectivity index (χ3n) is 4.93. The Balaban J connectivity index is 1.58. The first kappa shape index (κ1) is 11.4. The highest BCUT2D eigenvalue weighted by Gasteiger charge is 2.39. The highest BCUT2D eigenvalue weighted by atomic mass is 32.1. The summed E-state index contributed by atoms with van der Waals surface area (Å²) in [7, 11) is 2.29. The molecule has 2 bridgehead atoms. The molecule has 18 heavy (non-hydrogen) atoms. The fourth-order valence-electron chi connectivity index (χ4n) is 3.85. The maximum absolute atomic E-state index is 4.94. The van der Waals surface area contributed by atoms with Gasteiger partial charge in [0.1, 0.15) is 0 Å². The van der Waals surface area contributed by atoms with E-state index in [1.807, 2.05) is 11.3 Å². The SMILES string of the molecule is CN1C2CCC1c1sc(CC3CCCN3)nc1C2. The van der Waals surface area contributed by atoms with E-state index in [9.17, 15) is 0 Å². The van der Waals surface area contributed by atoms with Gasteiger partial charge in [-0.15, -0.1) is 11.3 Å². The molecule has 4 heterocycles. The summed E-state index contributed by atoms with van der Waals surface area (Å²) in [6.07, 6.45) is 7.72. The van der Waals surface area contributed by atoms with Gasteiger partial charge < -0.3 is 5.32 Å². The molecule has 3 atom stereocenters. The number of hydrogen-bond donors (Lipinski definition) is 1. The second-order valence-electron chi connectivity index (χ2n) is 6.03. The molecule has 1 aromatic heterocycles. The van der Waals surface area contributed by atoms with E-state index < -0.39 is 0 Å². The van der Waals surface area contributed by atoms with Gasteiger partial charge in [-0.05, 0) is 39.3 Å². The molecule has 0 aromatic carbocycles.